The molecule has 0 radical (unpaired) electrons. The lowest BCUT2D eigenvalue weighted by Crippen LogP contribution is -2.32. The molecule has 2 aliphatic rings. The molecule has 0 bridgehead atoms. The Morgan fingerprint density at radius 1 is 1.05 bits per heavy atom. The molecular weight excluding hydrogens is 270 g/mol. The van der Waals surface area contributed by atoms with Crippen LogP contribution in [-0.4, -0.2) is 12.3 Å². The van der Waals surface area contributed by atoms with Crippen LogP contribution in [0.5, 0.6) is 0 Å². The van der Waals surface area contributed by atoms with Gasteiger partial charge in [0, 0.05) is 16.4 Å². The number of rotatable bonds is 1. The number of hydrogen-bond acceptors (Lipinski definition) is 2. The first kappa shape index (κ1) is 12.2. The quantitative estimate of drug-likeness (QED) is 0.725. The van der Waals surface area contributed by atoms with Crippen molar-refractivity contribution in [2.75, 3.05) is 11.5 Å². The summed E-state index contributed by atoms with van der Waals surface area (Å²) in [4.78, 5) is 2.32. The molecule has 20 heavy (non-hydrogen) atoms. The van der Waals surface area contributed by atoms with Gasteiger partial charge in [-0.15, -0.1) is 0 Å². The zero-order valence-electron chi connectivity index (χ0n) is 11.4. The molecule has 1 fully saturated rings. The maximum Gasteiger partial charge on any atom is 0.166 e. The molecule has 2 aromatic rings. The lowest BCUT2D eigenvalue weighted by atomic mass is 10.0. The Morgan fingerprint density at radius 2 is 1.75 bits per heavy atom. The predicted octanol–water partition coefficient (Wildman–Crippen LogP) is 4.32. The number of anilines is 2. The third kappa shape index (κ3) is 1.83. The number of hydrogen-bond donors (Lipinski definition) is 0. The standard InChI is InChI=1S/C17H16ClNO/c1-17(11-20-17)19-15-5-3-2-4-12(15)6-7-13-8-9-14(18)10-16(13)19/h2-5,8-10H,6-7,11H2,1H3. The summed E-state index contributed by atoms with van der Waals surface area (Å²) in [5, 5.41) is 0.775. The van der Waals surface area contributed by atoms with E-state index in [9.17, 15) is 0 Å². The maximum atomic E-state index is 6.23. The Hall–Kier alpha value is -1.51. The first-order valence-corrected chi connectivity index (χ1v) is 7.36. The fourth-order valence-corrected chi connectivity index (χ4v) is 3.21. The number of nitrogens with zero attached hydrogens (tertiary/aromatic N) is 1. The molecule has 0 spiro atoms. The highest BCUT2D eigenvalue weighted by molar-refractivity contribution is 6.30. The molecule has 2 aromatic carbocycles. The molecule has 4 rings (SSSR count). The van der Waals surface area contributed by atoms with Crippen molar-refractivity contribution in [2.45, 2.75) is 25.5 Å². The van der Waals surface area contributed by atoms with Crippen LogP contribution in [0, 0.1) is 0 Å². The topological polar surface area (TPSA) is 15.8 Å². The molecule has 2 nitrogen and oxygen atoms in total. The third-order valence-corrected chi connectivity index (χ3v) is 4.45. The second-order valence-electron chi connectivity index (χ2n) is 5.70. The molecule has 0 saturated carbocycles. The van der Waals surface area contributed by atoms with Crippen LogP contribution >= 0.6 is 11.6 Å². The highest BCUT2D eigenvalue weighted by atomic mass is 35.5. The number of para-hydroxylation sites is 1. The van der Waals surface area contributed by atoms with Gasteiger partial charge in [0.05, 0.1) is 6.61 Å². The van der Waals surface area contributed by atoms with Gasteiger partial charge in [-0.2, -0.15) is 0 Å². The minimum atomic E-state index is -0.236. The summed E-state index contributed by atoms with van der Waals surface area (Å²) in [7, 11) is 0. The van der Waals surface area contributed by atoms with E-state index in [-0.39, 0.29) is 5.72 Å². The van der Waals surface area contributed by atoms with Gasteiger partial charge in [0.2, 0.25) is 0 Å². The van der Waals surface area contributed by atoms with Crippen molar-refractivity contribution in [1.82, 2.24) is 0 Å². The number of epoxide rings is 1. The van der Waals surface area contributed by atoms with Crippen LogP contribution in [0.1, 0.15) is 18.1 Å². The van der Waals surface area contributed by atoms with Gasteiger partial charge in [0.25, 0.3) is 0 Å². The minimum absolute atomic E-state index is 0.236. The lowest BCUT2D eigenvalue weighted by Gasteiger charge is -2.30. The summed E-state index contributed by atoms with van der Waals surface area (Å²) < 4.78 is 5.73. The van der Waals surface area contributed by atoms with E-state index in [0.717, 1.165) is 24.5 Å². The van der Waals surface area contributed by atoms with Crippen molar-refractivity contribution in [3.63, 3.8) is 0 Å². The van der Waals surface area contributed by atoms with E-state index in [1.165, 1.54) is 22.5 Å². The summed E-state index contributed by atoms with van der Waals surface area (Å²) >= 11 is 6.23. The van der Waals surface area contributed by atoms with Gasteiger partial charge < -0.3 is 9.64 Å². The van der Waals surface area contributed by atoms with E-state index in [4.69, 9.17) is 16.3 Å². The lowest BCUT2D eigenvalue weighted by molar-refractivity contribution is 0.328. The van der Waals surface area contributed by atoms with E-state index in [0.29, 0.717) is 0 Å². The van der Waals surface area contributed by atoms with Crippen molar-refractivity contribution >= 4 is 23.0 Å². The monoisotopic (exact) mass is 285 g/mol. The average molecular weight is 286 g/mol. The van der Waals surface area contributed by atoms with Gasteiger partial charge in [-0.1, -0.05) is 35.9 Å². The molecule has 1 atom stereocenters. The van der Waals surface area contributed by atoms with Gasteiger partial charge in [-0.3, -0.25) is 0 Å². The highest BCUT2D eigenvalue weighted by Gasteiger charge is 2.48. The van der Waals surface area contributed by atoms with Crippen LogP contribution < -0.4 is 4.90 Å². The third-order valence-electron chi connectivity index (χ3n) is 4.22. The summed E-state index contributed by atoms with van der Waals surface area (Å²) in [6.07, 6.45) is 2.09. The van der Waals surface area contributed by atoms with Crippen LogP contribution in [-0.2, 0) is 17.6 Å². The molecule has 0 N–H and O–H groups in total. The molecule has 2 aliphatic heterocycles. The predicted molar refractivity (Wildman–Crippen MR) is 81.8 cm³/mol. The average Bonchev–Trinajstić information content (AvgIpc) is 3.20. The fraction of sp³-hybridized carbons (Fsp3) is 0.294. The smallest absolute Gasteiger partial charge is 0.166 e. The number of aryl methyl sites for hydroxylation is 2. The number of fused-ring (bicyclic) bond motifs is 2. The van der Waals surface area contributed by atoms with E-state index in [1.807, 2.05) is 6.07 Å². The van der Waals surface area contributed by atoms with Crippen LogP contribution in [0.25, 0.3) is 0 Å². The fourth-order valence-electron chi connectivity index (χ4n) is 3.04. The SMILES string of the molecule is CC1(N2c3ccccc3CCc3ccc(Cl)cc32)CO1. The van der Waals surface area contributed by atoms with Crippen molar-refractivity contribution in [3.05, 3.63) is 58.6 Å². The Labute approximate surface area is 123 Å². The van der Waals surface area contributed by atoms with Crippen molar-refractivity contribution in [1.29, 1.82) is 0 Å². The summed E-state index contributed by atoms with van der Waals surface area (Å²) in [5.74, 6) is 0. The van der Waals surface area contributed by atoms with E-state index in [2.05, 4.69) is 48.2 Å². The molecule has 0 amide bonds. The van der Waals surface area contributed by atoms with E-state index >= 15 is 0 Å². The summed E-state index contributed by atoms with van der Waals surface area (Å²) in [6, 6.07) is 14.8. The van der Waals surface area contributed by atoms with Gasteiger partial charge >= 0.3 is 0 Å². The number of benzene rings is 2. The molecule has 1 saturated heterocycles. The van der Waals surface area contributed by atoms with Crippen LogP contribution in [0.4, 0.5) is 11.4 Å². The van der Waals surface area contributed by atoms with Crippen LogP contribution in [0.2, 0.25) is 5.02 Å². The van der Waals surface area contributed by atoms with E-state index in [1.54, 1.807) is 0 Å². The molecule has 2 heterocycles. The second kappa shape index (κ2) is 4.24. The van der Waals surface area contributed by atoms with Gasteiger partial charge in [0.15, 0.2) is 5.72 Å². The molecule has 3 heteroatoms. The van der Waals surface area contributed by atoms with Gasteiger partial charge in [-0.05, 0) is 49.1 Å². The number of ether oxygens (including phenoxy) is 1. The minimum Gasteiger partial charge on any atom is -0.348 e. The number of halogens is 1. The summed E-state index contributed by atoms with van der Waals surface area (Å²) in [5.41, 5.74) is 4.90. The first-order valence-electron chi connectivity index (χ1n) is 6.98. The van der Waals surface area contributed by atoms with E-state index < -0.39 is 0 Å². The second-order valence-corrected chi connectivity index (χ2v) is 6.14. The highest BCUT2D eigenvalue weighted by Crippen LogP contribution is 2.46. The Morgan fingerprint density at radius 3 is 2.50 bits per heavy atom. The first-order chi connectivity index (χ1) is 9.67. The van der Waals surface area contributed by atoms with Gasteiger partial charge in [-0.25, -0.2) is 0 Å². The zero-order chi connectivity index (χ0) is 13.7. The van der Waals surface area contributed by atoms with Gasteiger partial charge in [0.1, 0.15) is 0 Å². The molecule has 0 aromatic heterocycles. The van der Waals surface area contributed by atoms with Crippen LogP contribution in [0.3, 0.4) is 0 Å². The van der Waals surface area contributed by atoms with Crippen molar-refractivity contribution in [2.24, 2.45) is 0 Å². The van der Waals surface area contributed by atoms with Crippen molar-refractivity contribution < 1.29 is 4.74 Å². The largest absolute Gasteiger partial charge is 0.348 e. The van der Waals surface area contributed by atoms with Crippen LogP contribution in [0.15, 0.2) is 42.5 Å². The molecule has 102 valence electrons. The zero-order valence-corrected chi connectivity index (χ0v) is 12.2. The molecule has 0 aliphatic carbocycles. The normalized spacial score (nSPS) is 23.8. The summed E-state index contributed by atoms with van der Waals surface area (Å²) in [6.45, 7) is 2.90. The Kier molecular flexibility index (Phi) is 2.60. The van der Waals surface area contributed by atoms with Crippen molar-refractivity contribution in [3.8, 4) is 0 Å². The molecule has 1 unspecified atom stereocenters. The molecular formula is C17H16ClNO. The Balaban J connectivity index is 1.97. The Bertz CT molecular complexity index is 678. The maximum absolute atomic E-state index is 6.23.